The van der Waals surface area contributed by atoms with E-state index in [1.807, 2.05) is 0 Å². The Morgan fingerprint density at radius 2 is 1.75 bits per heavy atom. The number of hydrogen-bond acceptors (Lipinski definition) is 5. The van der Waals surface area contributed by atoms with Gasteiger partial charge in [-0.15, -0.1) is 0 Å². The molecule has 5 nitrogen and oxygen atoms in total. The molecule has 0 aliphatic rings. The number of ether oxygens (including phenoxy) is 2. The van der Waals surface area contributed by atoms with E-state index in [9.17, 15) is 26.4 Å². The monoisotopic (exact) mass is 436 g/mol. The van der Waals surface area contributed by atoms with Crippen molar-refractivity contribution in [1.82, 2.24) is 0 Å². The fourth-order valence-electron chi connectivity index (χ4n) is 2.23. The van der Waals surface area contributed by atoms with Crippen molar-refractivity contribution in [2.75, 3.05) is 6.61 Å². The first-order valence-corrected chi connectivity index (χ1v) is 9.88. The Kier molecular flexibility index (Phi) is 6.61. The average molecular weight is 437 g/mol. The lowest BCUT2D eigenvalue weighted by molar-refractivity contribution is -0.150. The molecule has 0 saturated heterocycles. The van der Waals surface area contributed by atoms with Crippen LogP contribution in [0.5, 0.6) is 5.75 Å². The van der Waals surface area contributed by atoms with Crippen LogP contribution in [0.1, 0.15) is 19.4 Å². The van der Waals surface area contributed by atoms with Gasteiger partial charge in [-0.3, -0.25) is 0 Å². The van der Waals surface area contributed by atoms with Gasteiger partial charge in [-0.25, -0.2) is 13.2 Å². The molecule has 152 valence electrons. The van der Waals surface area contributed by atoms with E-state index in [0.717, 1.165) is 6.07 Å². The molecule has 0 saturated carbocycles. The third-order valence-corrected chi connectivity index (χ3v) is 5.87. The van der Waals surface area contributed by atoms with Crippen molar-refractivity contribution in [1.29, 1.82) is 0 Å². The third-order valence-electron chi connectivity index (χ3n) is 3.61. The Bertz CT molecular complexity index is 956. The number of alkyl halides is 3. The summed E-state index contributed by atoms with van der Waals surface area (Å²) in [6, 6.07) is 7.08. The molecular formula is C18H16ClF3O5S. The summed E-state index contributed by atoms with van der Waals surface area (Å²) in [5.41, 5.74) is -1.05. The zero-order valence-electron chi connectivity index (χ0n) is 14.8. The van der Waals surface area contributed by atoms with E-state index in [0.29, 0.717) is 12.1 Å². The van der Waals surface area contributed by atoms with E-state index < -0.39 is 43.6 Å². The standard InChI is InChI=1S/C18H16ClF3O5S/c1-3-26-17(23)11(2)27-13-5-7-14(8-6-13)28(24,25)16-9-4-12(10-15(16)19)18(20,21)22/h4-11H,3H2,1-2H3. The number of benzene rings is 2. The van der Waals surface area contributed by atoms with Crippen LogP contribution in [0.2, 0.25) is 5.02 Å². The van der Waals surface area contributed by atoms with Gasteiger partial charge in [-0.05, 0) is 56.3 Å². The Balaban J connectivity index is 2.26. The van der Waals surface area contributed by atoms with Gasteiger partial charge < -0.3 is 9.47 Å². The summed E-state index contributed by atoms with van der Waals surface area (Å²) in [5.74, 6) is -0.353. The van der Waals surface area contributed by atoms with E-state index in [-0.39, 0.29) is 17.3 Å². The summed E-state index contributed by atoms with van der Waals surface area (Å²) >= 11 is 5.78. The molecule has 2 aromatic carbocycles. The summed E-state index contributed by atoms with van der Waals surface area (Å²) < 4.78 is 73.6. The lowest BCUT2D eigenvalue weighted by Gasteiger charge is -2.14. The second-order valence-electron chi connectivity index (χ2n) is 5.63. The molecule has 1 atom stereocenters. The van der Waals surface area contributed by atoms with Crippen molar-refractivity contribution in [2.45, 2.75) is 35.9 Å². The Morgan fingerprint density at radius 3 is 2.25 bits per heavy atom. The first-order valence-electron chi connectivity index (χ1n) is 8.02. The van der Waals surface area contributed by atoms with Gasteiger partial charge in [-0.1, -0.05) is 11.6 Å². The molecule has 10 heteroatoms. The topological polar surface area (TPSA) is 69.7 Å². The van der Waals surface area contributed by atoms with Gasteiger partial charge >= 0.3 is 12.1 Å². The van der Waals surface area contributed by atoms with E-state index in [1.54, 1.807) is 6.92 Å². The molecule has 0 fully saturated rings. The second-order valence-corrected chi connectivity index (χ2v) is 7.96. The number of sulfone groups is 1. The SMILES string of the molecule is CCOC(=O)C(C)Oc1ccc(S(=O)(=O)c2ccc(C(F)(F)F)cc2Cl)cc1. The predicted molar refractivity (Wildman–Crippen MR) is 95.1 cm³/mol. The fraction of sp³-hybridized carbons (Fsp3) is 0.278. The molecule has 0 aliphatic heterocycles. The first-order chi connectivity index (χ1) is 13.0. The maximum atomic E-state index is 12.7. The molecule has 28 heavy (non-hydrogen) atoms. The van der Waals surface area contributed by atoms with E-state index in [2.05, 4.69) is 0 Å². The smallest absolute Gasteiger partial charge is 0.416 e. The lowest BCUT2D eigenvalue weighted by Crippen LogP contribution is -2.26. The highest BCUT2D eigenvalue weighted by Gasteiger charge is 2.32. The van der Waals surface area contributed by atoms with Gasteiger partial charge in [0.05, 0.1) is 27.0 Å². The molecule has 0 aromatic heterocycles. The third kappa shape index (κ3) is 4.96. The quantitative estimate of drug-likeness (QED) is 0.622. The number of hydrogen-bond donors (Lipinski definition) is 0. The van der Waals surface area contributed by atoms with Gasteiger partial charge in [0, 0.05) is 0 Å². The van der Waals surface area contributed by atoms with Gasteiger partial charge in [0.2, 0.25) is 9.84 Å². The molecule has 0 amide bonds. The van der Waals surface area contributed by atoms with Crippen LogP contribution in [0.3, 0.4) is 0 Å². The molecule has 0 N–H and O–H groups in total. The van der Waals surface area contributed by atoms with E-state index in [4.69, 9.17) is 21.1 Å². The van der Waals surface area contributed by atoms with E-state index in [1.165, 1.54) is 31.2 Å². The summed E-state index contributed by atoms with van der Waals surface area (Å²) in [5, 5.41) is -0.536. The normalized spacial score (nSPS) is 13.1. The average Bonchev–Trinajstić information content (AvgIpc) is 2.61. The van der Waals surface area contributed by atoms with Crippen molar-refractivity contribution < 1.29 is 35.9 Å². The first kappa shape index (κ1) is 22.0. The van der Waals surface area contributed by atoms with Crippen molar-refractivity contribution in [3.63, 3.8) is 0 Å². The number of carbonyl (C=O) groups is 1. The Morgan fingerprint density at radius 1 is 1.14 bits per heavy atom. The molecular weight excluding hydrogens is 421 g/mol. The summed E-state index contributed by atoms with van der Waals surface area (Å²) in [6.07, 6.45) is -5.53. The Labute approximate surface area is 164 Å². The van der Waals surface area contributed by atoms with Crippen molar-refractivity contribution in [3.8, 4) is 5.75 Å². The number of rotatable bonds is 6. The summed E-state index contributed by atoms with van der Waals surface area (Å²) in [7, 11) is -4.15. The fourth-order valence-corrected chi connectivity index (χ4v) is 4.03. The summed E-state index contributed by atoms with van der Waals surface area (Å²) in [4.78, 5) is 10.9. The van der Waals surface area contributed by atoms with Crippen molar-refractivity contribution in [3.05, 3.63) is 53.1 Å². The maximum Gasteiger partial charge on any atom is 0.416 e. The van der Waals surface area contributed by atoms with Gasteiger partial charge in [0.25, 0.3) is 0 Å². The van der Waals surface area contributed by atoms with Crippen LogP contribution in [-0.2, 0) is 25.5 Å². The molecule has 2 aromatic rings. The molecule has 0 spiro atoms. The number of carbonyl (C=O) groups excluding carboxylic acids is 1. The van der Waals surface area contributed by atoms with Crippen molar-refractivity contribution in [2.24, 2.45) is 0 Å². The van der Waals surface area contributed by atoms with Crippen LogP contribution in [0.25, 0.3) is 0 Å². The molecule has 0 bridgehead atoms. The number of esters is 1. The zero-order chi connectivity index (χ0) is 21.1. The van der Waals surface area contributed by atoms with Crippen LogP contribution in [0.15, 0.2) is 52.3 Å². The van der Waals surface area contributed by atoms with Gasteiger partial charge in [-0.2, -0.15) is 13.2 Å². The highest BCUT2D eigenvalue weighted by atomic mass is 35.5. The molecule has 1 unspecified atom stereocenters. The van der Waals surface area contributed by atoms with Crippen LogP contribution in [0.4, 0.5) is 13.2 Å². The summed E-state index contributed by atoms with van der Waals surface area (Å²) in [6.45, 7) is 3.32. The predicted octanol–water partition coefficient (Wildman–Crippen LogP) is 4.52. The van der Waals surface area contributed by atoms with Crippen LogP contribution >= 0.6 is 11.6 Å². The highest BCUT2D eigenvalue weighted by Crippen LogP contribution is 2.35. The minimum absolute atomic E-state index is 0.190. The zero-order valence-corrected chi connectivity index (χ0v) is 16.4. The van der Waals surface area contributed by atoms with Gasteiger partial charge in [0.15, 0.2) is 6.10 Å². The maximum absolute atomic E-state index is 12.7. The second kappa shape index (κ2) is 8.40. The van der Waals surface area contributed by atoms with Crippen LogP contribution < -0.4 is 4.74 Å². The molecule has 2 rings (SSSR count). The van der Waals surface area contributed by atoms with Crippen LogP contribution in [0, 0.1) is 0 Å². The number of halogens is 4. The minimum atomic E-state index is -4.64. The van der Waals surface area contributed by atoms with Crippen LogP contribution in [-0.4, -0.2) is 27.1 Å². The Hall–Kier alpha value is -2.26. The molecule has 0 aliphatic carbocycles. The van der Waals surface area contributed by atoms with Gasteiger partial charge in [0.1, 0.15) is 5.75 Å². The lowest BCUT2D eigenvalue weighted by atomic mass is 10.2. The minimum Gasteiger partial charge on any atom is -0.479 e. The van der Waals surface area contributed by atoms with Crippen molar-refractivity contribution >= 4 is 27.4 Å². The molecule has 0 radical (unpaired) electrons. The highest BCUT2D eigenvalue weighted by molar-refractivity contribution is 7.91. The van der Waals surface area contributed by atoms with E-state index >= 15 is 0 Å². The largest absolute Gasteiger partial charge is 0.479 e. The molecule has 0 heterocycles.